The molecule has 3 heterocycles. The zero-order chi connectivity index (χ0) is 17.2. The molecular formula is C18H24N4O3. The van der Waals surface area contributed by atoms with E-state index in [4.69, 9.17) is 9.47 Å². The van der Waals surface area contributed by atoms with E-state index in [1.165, 1.54) is 5.56 Å². The number of piperidine rings is 1. The quantitative estimate of drug-likeness (QED) is 0.886. The van der Waals surface area contributed by atoms with E-state index < -0.39 is 0 Å². The summed E-state index contributed by atoms with van der Waals surface area (Å²) in [4.78, 5) is 2.41. The Kier molecular flexibility index (Phi) is 4.70. The predicted molar refractivity (Wildman–Crippen MR) is 91.1 cm³/mol. The number of hydrogen-bond acceptors (Lipinski definition) is 6. The van der Waals surface area contributed by atoms with Crippen LogP contribution in [0.2, 0.25) is 0 Å². The topological polar surface area (TPSA) is 72.6 Å². The van der Waals surface area contributed by atoms with Crippen molar-refractivity contribution in [1.29, 1.82) is 0 Å². The van der Waals surface area contributed by atoms with Gasteiger partial charge in [0.1, 0.15) is 5.75 Å². The molecule has 1 fully saturated rings. The molecule has 25 heavy (non-hydrogen) atoms. The summed E-state index contributed by atoms with van der Waals surface area (Å²) in [5.41, 5.74) is 3.07. The molecule has 134 valence electrons. The number of ether oxygens (including phenoxy) is 2. The molecule has 0 spiro atoms. The molecule has 2 atom stereocenters. The van der Waals surface area contributed by atoms with Gasteiger partial charge in [-0.2, -0.15) is 0 Å². The molecule has 2 unspecified atom stereocenters. The van der Waals surface area contributed by atoms with Crippen molar-refractivity contribution in [2.45, 2.75) is 45.2 Å². The first-order valence-electron chi connectivity index (χ1n) is 8.87. The Balaban J connectivity index is 1.47. The smallest absolute Gasteiger partial charge is 0.124 e. The highest BCUT2D eigenvalue weighted by atomic mass is 16.5. The van der Waals surface area contributed by atoms with E-state index in [2.05, 4.69) is 21.3 Å². The number of aliphatic hydroxyl groups is 1. The van der Waals surface area contributed by atoms with Crippen molar-refractivity contribution in [2.75, 3.05) is 19.7 Å². The predicted octanol–water partition coefficient (Wildman–Crippen LogP) is 1.51. The molecule has 0 bridgehead atoms. The number of nitrogens with zero attached hydrogens (tertiary/aromatic N) is 4. The Hall–Kier alpha value is -1.96. The molecule has 2 aliphatic rings. The van der Waals surface area contributed by atoms with Crippen LogP contribution in [-0.4, -0.2) is 50.8 Å². The minimum absolute atomic E-state index is 0.00989. The lowest BCUT2D eigenvalue weighted by Gasteiger charge is -2.41. The van der Waals surface area contributed by atoms with E-state index >= 15 is 0 Å². The summed E-state index contributed by atoms with van der Waals surface area (Å²) in [6, 6.07) is 6.29. The number of hydrogen-bond donors (Lipinski definition) is 1. The van der Waals surface area contributed by atoms with Gasteiger partial charge in [-0.25, -0.2) is 4.68 Å². The molecule has 4 rings (SSSR count). The van der Waals surface area contributed by atoms with Gasteiger partial charge in [0.25, 0.3) is 0 Å². The molecular weight excluding hydrogens is 320 g/mol. The van der Waals surface area contributed by atoms with Crippen molar-refractivity contribution in [3.8, 4) is 5.75 Å². The zero-order valence-electron chi connectivity index (χ0n) is 14.5. The van der Waals surface area contributed by atoms with E-state index in [1.807, 2.05) is 23.7 Å². The first-order chi connectivity index (χ1) is 12.3. The number of fused-ring (bicyclic) bond motifs is 3. The molecule has 1 aromatic heterocycles. The molecule has 0 aliphatic carbocycles. The molecule has 0 radical (unpaired) electrons. The van der Waals surface area contributed by atoms with E-state index in [1.54, 1.807) is 6.20 Å². The highest BCUT2D eigenvalue weighted by Crippen LogP contribution is 2.31. The molecule has 0 amide bonds. The lowest BCUT2D eigenvalue weighted by Crippen LogP contribution is -2.47. The van der Waals surface area contributed by atoms with Crippen LogP contribution in [-0.2, 0) is 24.5 Å². The van der Waals surface area contributed by atoms with Crippen molar-refractivity contribution in [2.24, 2.45) is 0 Å². The van der Waals surface area contributed by atoms with Crippen LogP contribution < -0.4 is 4.74 Å². The summed E-state index contributed by atoms with van der Waals surface area (Å²) >= 11 is 0. The third-order valence-electron chi connectivity index (χ3n) is 5.01. The van der Waals surface area contributed by atoms with Crippen molar-refractivity contribution >= 4 is 0 Å². The van der Waals surface area contributed by atoms with Crippen LogP contribution >= 0.6 is 0 Å². The number of rotatable bonds is 5. The third-order valence-corrected chi connectivity index (χ3v) is 5.01. The highest BCUT2D eigenvalue weighted by Gasteiger charge is 2.36. The fourth-order valence-corrected chi connectivity index (χ4v) is 3.80. The van der Waals surface area contributed by atoms with Crippen LogP contribution in [0.4, 0.5) is 0 Å². The van der Waals surface area contributed by atoms with Gasteiger partial charge in [-0.15, -0.1) is 5.10 Å². The summed E-state index contributed by atoms with van der Waals surface area (Å²) in [6.45, 7) is 5.87. The second-order valence-corrected chi connectivity index (χ2v) is 6.64. The maximum atomic E-state index is 9.59. The molecule has 1 saturated heterocycles. The first kappa shape index (κ1) is 16.5. The van der Waals surface area contributed by atoms with Gasteiger partial charge in [0.2, 0.25) is 0 Å². The summed E-state index contributed by atoms with van der Waals surface area (Å²) in [5, 5.41) is 17.9. The molecule has 2 aliphatic heterocycles. The maximum Gasteiger partial charge on any atom is 0.124 e. The average Bonchev–Trinajstić information content (AvgIpc) is 3.12. The molecule has 7 heteroatoms. The maximum absolute atomic E-state index is 9.59. The summed E-state index contributed by atoms with van der Waals surface area (Å²) in [5.74, 6) is 0.764. The molecule has 2 aromatic rings. The normalized spacial score (nSPS) is 23.1. The molecule has 7 nitrogen and oxygen atoms in total. The van der Waals surface area contributed by atoms with E-state index in [0.717, 1.165) is 43.1 Å². The van der Waals surface area contributed by atoms with E-state index in [0.29, 0.717) is 13.2 Å². The lowest BCUT2D eigenvalue weighted by atomic mass is 9.99. The Labute approximate surface area is 147 Å². The van der Waals surface area contributed by atoms with Gasteiger partial charge in [0, 0.05) is 25.2 Å². The Bertz CT molecular complexity index is 733. The van der Waals surface area contributed by atoms with Gasteiger partial charge in [0.15, 0.2) is 0 Å². The largest absolute Gasteiger partial charge is 0.494 e. The van der Waals surface area contributed by atoms with Crippen molar-refractivity contribution < 1.29 is 14.6 Å². The lowest BCUT2D eigenvalue weighted by molar-refractivity contribution is -0.0669. The number of aliphatic hydroxyl groups excluding tert-OH is 1. The third kappa shape index (κ3) is 3.27. The second-order valence-electron chi connectivity index (χ2n) is 6.64. The Morgan fingerprint density at radius 2 is 2.32 bits per heavy atom. The van der Waals surface area contributed by atoms with Gasteiger partial charge in [-0.1, -0.05) is 11.3 Å². The van der Waals surface area contributed by atoms with Crippen LogP contribution in [0.3, 0.4) is 0 Å². The van der Waals surface area contributed by atoms with Gasteiger partial charge in [-0.05, 0) is 31.0 Å². The van der Waals surface area contributed by atoms with Gasteiger partial charge >= 0.3 is 0 Å². The summed E-state index contributed by atoms with van der Waals surface area (Å²) < 4.78 is 13.6. The van der Waals surface area contributed by atoms with Crippen molar-refractivity contribution in [3.63, 3.8) is 0 Å². The summed E-state index contributed by atoms with van der Waals surface area (Å²) in [7, 11) is 0. The summed E-state index contributed by atoms with van der Waals surface area (Å²) in [6.07, 6.45) is 3.00. The zero-order valence-corrected chi connectivity index (χ0v) is 14.5. The van der Waals surface area contributed by atoms with Crippen LogP contribution in [0.5, 0.6) is 5.75 Å². The number of aromatic nitrogens is 3. The minimum atomic E-state index is -0.00989. The molecule has 0 saturated carbocycles. The molecule has 1 N–H and O–H groups in total. The van der Waals surface area contributed by atoms with Crippen LogP contribution in [0.25, 0.3) is 0 Å². The van der Waals surface area contributed by atoms with Crippen molar-refractivity contribution in [3.05, 3.63) is 41.2 Å². The first-order valence-corrected chi connectivity index (χ1v) is 8.87. The SMILES string of the molecule is CCOc1ccc(CN2CCC3OCc4cnnn4C3C2)cc1CO. The molecule has 1 aromatic carbocycles. The van der Waals surface area contributed by atoms with Crippen LogP contribution in [0.1, 0.15) is 36.2 Å². The van der Waals surface area contributed by atoms with Crippen LogP contribution in [0, 0.1) is 0 Å². The monoisotopic (exact) mass is 344 g/mol. The van der Waals surface area contributed by atoms with Gasteiger partial charge in [0.05, 0.1) is 43.9 Å². The van der Waals surface area contributed by atoms with E-state index in [-0.39, 0.29) is 18.8 Å². The Morgan fingerprint density at radius 3 is 3.16 bits per heavy atom. The standard InChI is InChI=1S/C18H24N4O3/c1-2-24-17-4-3-13(7-14(17)11-23)9-21-6-5-18-16(10-21)22-15(12-25-18)8-19-20-22/h3-4,7-8,16,18,23H,2,5-6,9-12H2,1H3. The fourth-order valence-electron chi connectivity index (χ4n) is 3.80. The van der Waals surface area contributed by atoms with Gasteiger partial charge in [-0.3, -0.25) is 4.90 Å². The van der Waals surface area contributed by atoms with Crippen molar-refractivity contribution in [1.82, 2.24) is 19.9 Å². The van der Waals surface area contributed by atoms with Gasteiger partial charge < -0.3 is 14.6 Å². The fraction of sp³-hybridized carbons (Fsp3) is 0.556. The second kappa shape index (κ2) is 7.11. The van der Waals surface area contributed by atoms with E-state index in [9.17, 15) is 5.11 Å². The highest BCUT2D eigenvalue weighted by molar-refractivity contribution is 5.37. The Morgan fingerprint density at radius 1 is 1.40 bits per heavy atom. The number of likely N-dealkylation sites (tertiary alicyclic amines) is 1. The minimum Gasteiger partial charge on any atom is -0.494 e. The van der Waals surface area contributed by atoms with Crippen LogP contribution in [0.15, 0.2) is 24.4 Å². The number of benzene rings is 1. The average molecular weight is 344 g/mol.